The number of hydrogen-bond donors (Lipinski definition) is 2. The Kier molecular flexibility index (Phi) is 6.05. The number of ether oxygens (including phenoxy) is 1. The van der Waals surface area contributed by atoms with Crippen molar-refractivity contribution in [3.05, 3.63) is 0 Å². The van der Waals surface area contributed by atoms with Crippen molar-refractivity contribution in [3.63, 3.8) is 0 Å². The molecule has 2 atom stereocenters. The molecule has 0 radical (unpaired) electrons. The molecular formula is C8H19N2O4P. The monoisotopic (exact) mass is 238 g/mol. The van der Waals surface area contributed by atoms with Gasteiger partial charge in [0.05, 0.1) is 12.7 Å². The number of nitrogens with one attached hydrogen (secondary N) is 1. The Labute approximate surface area is 90.1 Å². The maximum atomic E-state index is 11.6. The van der Waals surface area contributed by atoms with Crippen molar-refractivity contribution >= 4 is 13.6 Å². The molecule has 0 aromatic carbocycles. The first-order chi connectivity index (χ1) is 6.78. The van der Waals surface area contributed by atoms with E-state index in [-0.39, 0.29) is 12.7 Å². The summed E-state index contributed by atoms with van der Waals surface area (Å²) >= 11 is 0. The molecule has 0 amide bonds. The van der Waals surface area contributed by atoms with Gasteiger partial charge in [-0.2, -0.15) is 0 Å². The smallest absolute Gasteiger partial charge is 0.339 e. The van der Waals surface area contributed by atoms with Crippen molar-refractivity contribution in [1.82, 2.24) is 5.09 Å². The van der Waals surface area contributed by atoms with Gasteiger partial charge >= 0.3 is 13.6 Å². The molecule has 0 aromatic heterocycles. The first kappa shape index (κ1) is 14.6. The molecule has 0 aliphatic rings. The summed E-state index contributed by atoms with van der Waals surface area (Å²) < 4.78 is 21.3. The third-order valence-corrected chi connectivity index (χ3v) is 2.86. The zero-order chi connectivity index (χ0) is 12.1. The van der Waals surface area contributed by atoms with Crippen LogP contribution in [0.25, 0.3) is 0 Å². The molecule has 0 aliphatic carbocycles. The van der Waals surface area contributed by atoms with Gasteiger partial charge in [0.1, 0.15) is 6.04 Å². The fourth-order valence-corrected chi connectivity index (χ4v) is 2.27. The highest BCUT2D eigenvalue weighted by atomic mass is 31.2. The summed E-state index contributed by atoms with van der Waals surface area (Å²) in [7, 11) is -3.43. The molecule has 0 fully saturated rings. The van der Waals surface area contributed by atoms with Crippen LogP contribution in [0.15, 0.2) is 0 Å². The number of carbonyl (C=O) groups is 1. The number of nitrogens with two attached hydrogens (primary N) is 1. The average molecular weight is 238 g/mol. The Balaban J connectivity index is 4.20. The summed E-state index contributed by atoms with van der Waals surface area (Å²) in [6.45, 7) is 6.88. The maximum Gasteiger partial charge on any atom is 0.339 e. The van der Waals surface area contributed by atoms with Crippen LogP contribution in [0.5, 0.6) is 0 Å². The Morgan fingerprint density at radius 2 is 2.00 bits per heavy atom. The van der Waals surface area contributed by atoms with Gasteiger partial charge in [-0.1, -0.05) is 0 Å². The summed E-state index contributed by atoms with van der Waals surface area (Å²) in [5.74, 6) is -0.504. The molecule has 6 nitrogen and oxygen atoms in total. The van der Waals surface area contributed by atoms with Crippen LogP contribution in [-0.2, 0) is 18.6 Å². The lowest BCUT2D eigenvalue weighted by Crippen LogP contribution is -2.36. The van der Waals surface area contributed by atoms with Gasteiger partial charge in [-0.3, -0.25) is 9.36 Å². The van der Waals surface area contributed by atoms with Crippen molar-refractivity contribution in [2.45, 2.75) is 39.8 Å². The minimum absolute atomic E-state index is 0.269. The lowest BCUT2D eigenvalue weighted by Gasteiger charge is -2.20. The van der Waals surface area contributed by atoms with Crippen molar-refractivity contribution in [1.29, 1.82) is 0 Å². The summed E-state index contributed by atoms with van der Waals surface area (Å²) in [5, 5.41) is 2.41. The van der Waals surface area contributed by atoms with E-state index in [0.717, 1.165) is 0 Å². The van der Waals surface area contributed by atoms with E-state index < -0.39 is 19.7 Å². The highest BCUT2D eigenvalue weighted by Crippen LogP contribution is 2.34. The van der Waals surface area contributed by atoms with Gasteiger partial charge in [0, 0.05) is 0 Å². The molecule has 0 saturated carbocycles. The molecule has 3 N–H and O–H groups in total. The van der Waals surface area contributed by atoms with Crippen LogP contribution >= 0.6 is 7.67 Å². The molecular weight excluding hydrogens is 219 g/mol. The van der Waals surface area contributed by atoms with Crippen LogP contribution in [0, 0.1) is 0 Å². The summed E-state index contributed by atoms with van der Waals surface area (Å²) in [4.78, 5) is 11.2. The van der Waals surface area contributed by atoms with E-state index in [9.17, 15) is 9.36 Å². The number of carbonyl (C=O) groups excluding carboxylic acids is 1. The second kappa shape index (κ2) is 6.23. The highest BCUT2D eigenvalue weighted by Gasteiger charge is 2.25. The van der Waals surface area contributed by atoms with Crippen LogP contribution < -0.4 is 10.6 Å². The van der Waals surface area contributed by atoms with Crippen molar-refractivity contribution in [2.24, 2.45) is 5.50 Å². The minimum atomic E-state index is -3.43. The molecule has 0 bridgehead atoms. The Morgan fingerprint density at radius 3 is 2.40 bits per heavy atom. The van der Waals surface area contributed by atoms with E-state index in [1.165, 1.54) is 6.92 Å². The third kappa shape index (κ3) is 6.62. The van der Waals surface area contributed by atoms with Crippen LogP contribution in [0.4, 0.5) is 0 Å². The first-order valence-corrected chi connectivity index (χ1v) is 6.49. The summed E-state index contributed by atoms with van der Waals surface area (Å²) in [6.07, 6.45) is -0.275. The van der Waals surface area contributed by atoms with Crippen molar-refractivity contribution in [2.75, 3.05) is 6.61 Å². The molecule has 0 rings (SSSR count). The van der Waals surface area contributed by atoms with Gasteiger partial charge in [-0.05, 0) is 27.7 Å². The SMILES string of the molecule is CCOC(=O)[C@H](C)NP(N)(=O)OC(C)C. The summed E-state index contributed by atoms with van der Waals surface area (Å²) in [5.41, 5.74) is 5.37. The first-order valence-electron chi connectivity index (χ1n) is 4.80. The van der Waals surface area contributed by atoms with Gasteiger partial charge < -0.3 is 9.26 Å². The standard InChI is InChI=1S/C8H19N2O4P/c1-5-13-8(11)7(4)10-15(9,12)14-6(2)3/h6-7H,5H2,1-4H3,(H3,9,10,12)/t7-,15?/m0/s1. The fraction of sp³-hybridized carbons (Fsp3) is 0.875. The average Bonchev–Trinajstić information content (AvgIpc) is 2.00. The second-order valence-electron chi connectivity index (χ2n) is 3.35. The molecule has 15 heavy (non-hydrogen) atoms. The number of esters is 1. The normalized spacial score (nSPS) is 17.2. The zero-order valence-electron chi connectivity index (χ0n) is 9.52. The number of hydrogen-bond acceptors (Lipinski definition) is 4. The third-order valence-electron chi connectivity index (χ3n) is 1.38. The molecule has 90 valence electrons. The van der Waals surface area contributed by atoms with E-state index in [1.807, 2.05) is 0 Å². The lowest BCUT2D eigenvalue weighted by atomic mass is 10.4. The van der Waals surface area contributed by atoms with E-state index >= 15 is 0 Å². The molecule has 0 heterocycles. The van der Waals surface area contributed by atoms with Crippen LogP contribution in [0.3, 0.4) is 0 Å². The largest absolute Gasteiger partial charge is 0.465 e. The van der Waals surface area contributed by atoms with Crippen LogP contribution in [-0.4, -0.2) is 24.7 Å². The van der Waals surface area contributed by atoms with Crippen LogP contribution in [0.2, 0.25) is 0 Å². The summed E-state index contributed by atoms with van der Waals surface area (Å²) in [6, 6.07) is -0.750. The predicted octanol–water partition coefficient (Wildman–Crippen LogP) is 1.02. The molecule has 0 spiro atoms. The Morgan fingerprint density at radius 1 is 1.47 bits per heavy atom. The fourth-order valence-electron chi connectivity index (χ4n) is 0.934. The van der Waals surface area contributed by atoms with Gasteiger partial charge in [-0.15, -0.1) is 0 Å². The van der Waals surface area contributed by atoms with Crippen molar-refractivity contribution in [3.8, 4) is 0 Å². The van der Waals surface area contributed by atoms with Gasteiger partial charge in [-0.25, -0.2) is 10.6 Å². The number of rotatable bonds is 6. The maximum absolute atomic E-state index is 11.6. The zero-order valence-corrected chi connectivity index (χ0v) is 10.4. The molecule has 0 saturated heterocycles. The highest BCUT2D eigenvalue weighted by molar-refractivity contribution is 7.54. The van der Waals surface area contributed by atoms with Gasteiger partial charge in [0.15, 0.2) is 0 Å². The lowest BCUT2D eigenvalue weighted by molar-refractivity contribution is -0.144. The molecule has 7 heteroatoms. The van der Waals surface area contributed by atoms with Gasteiger partial charge in [0.25, 0.3) is 0 Å². The Bertz CT molecular complexity index is 257. The van der Waals surface area contributed by atoms with E-state index in [2.05, 4.69) is 5.09 Å². The van der Waals surface area contributed by atoms with Crippen LogP contribution in [0.1, 0.15) is 27.7 Å². The topological polar surface area (TPSA) is 90.6 Å². The van der Waals surface area contributed by atoms with Crippen molar-refractivity contribution < 1.29 is 18.6 Å². The molecule has 1 unspecified atom stereocenters. The molecule has 0 aliphatic heterocycles. The van der Waals surface area contributed by atoms with Gasteiger partial charge in [0.2, 0.25) is 0 Å². The van der Waals surface area contributed by atoms with E-state index in [0.29, 0.717) is 0 Å². The van der Waals surface area contributed by atoms with E-state index in [4.69, 9.17) is 14.8 Å². The Hall–Kier alpha value is -0.420. The second-order valence-corrected chi connectivity index (χ2v) is 5.02. The minimum Gasteiger partial charge on any atom is -0.465 e. The molecule has 0 aromatic rings. The predicted molar refractivity (Wildman–Crippen MR) is 57.2 cm³/mol. The van der Waals surface area contributed by atoms with E-state index in [1.54, 1.807) is 20.8 Å². The quantitative estimate of drug-likeness (QED) is 0.530.